The first-order valence-electron chi connectivity index (χ1n) is 6.18. The zero-order chi connectivity index (χ0) is 13.0. The predicted molar refractivity (Wildman–Crippen MR) is 70.9 cm³/mol. The quantitative estimate of drug-likeness (QED) is 0.721. The largest absolute Gasteiger partial charge is 0.496 e. The summed E-state index contributed by atoms with van der Waals surface area (Å²) < 4.78 is 5.37. The van der Waals surface area contributed by atoms with E-state index in [2.05, 4.69) is 13.8 Å². The van der Waals surface area contributed by atoms with E-state index in [0.29, 0.717) is 12.3 Å². The molecular weight excluding hydrogens is 212 g/mol. The van der Waals surface area contributed by atoms with Gasteiger partial charge in [-0.25, -0.2) is 0 Å². The van der Waals surface area contributed by atoms with Crippen LogP contribution in [0.1, 0.15) is 48.2 Å². The molecule has 1 aromatic carbocycles. The molecule has 0 amide bonds. The van der Waals surface area contributed by atoms with Gasteiger partial charge in [0, 0.05) is 6.42 Å². The Balaban J connectivity index is 3.05. The second-order valence-electron chi connectivity index (χ2n) is 4.73. The molecule has 0 aromatic heterocycles. The van der Waals surface area contributed by atoms with Crippen molar-refractivity contribution >= 4 is 5.78 Å². The van der Waals surface area contributed by atoms with Gasteiger partial charge in [0.1, 0.15) is 5.75 Å². The number of ether oxygens (including phenoxy) is 1. The van der Waals surface area contributed by atoms with E-state index < -0.39 is 0 Å². The summed E-state index contributed by atoms with van der Waals surface area (Å²) in [7, 11) is 1.63. The Labute approximate surface area is 104 Å². The fourth-order valence-corrected chi connectivity index (χ4v) is 1.84. The molecule has 0 heterocycles. The SMILES string of the molecule is CCC(C)CC(=O)c1ccc(C)c(C)c1OC. The number of benzene rings is 1. The summed E-state index contributed by atoms with van der Waals surface area (Å²) >= 11 is 0. The van der Waals surface area contributed by atoms with Crippen LogP contribution in [0.5, 0.6) is 5.75 Å². The summed E-state index contributed by atoms with van der Waals surface area (Å²) in [5, 5.41) is 0. The monoisotopic (exact) mass is 234 g/mol. The van der Waals surface area contributed by atoms with Gasteiger partial charge >= 0.3 is 0 Å². The van der Waals surface area contributed by atoms with Crippen LogP contribution in [0.3, 0.4) is 0 Å². The van der Waals surface area contributed by atoms with Gasteiger partial charge in [0.05, 0.1) is 12.7 Å². The lowest BCUT2D eigenvalue weighted by Crippen LogP contribution is -2.08. The van der Waals surface area contributed by atoms with Crippen molar-refractivity contribution in [1.82, 2.24) is 0 Å². The maximum atomic E-state index is 12.2. The number of hydrogen-bond acceptors (Lipinski definition) is 2. The van der Waals surface area contributed by atoms with Crippen LogP contribution in [-0.2, 0) is 0 Å². The molecule has 0 saturated carbocycles. The van der Waals surface area contributed by atoms with E-state index >= 15 is 0 Å². The topological polar surface area (TPSA) is 26.3 Å². The second-order valence-corrected chi connectivity index (χ2v) is 4.73. The third-order valence-electron chi connectivity index (χ3n) is 3.41. The third-order valence-corrected chi connectivity index (χ3v) is 3.41. The number of carbonyl (C=O) groups excluding carboxylic acids is 1. The van der Waals surface area contributed by atoms with Gasteiger partial charge in [-0.1, -0.05) is 26.3 Å². The minimum Gasteiger partial charge on any atom is -0.496 e. The van der Waals surface area contributed by atoms with E-state index in [1.807, 2.05) is 26.0 Å². The first-order valence-corrected chi connectivity index (χ1v) is 6.18. The minimum absolute atomic E-state index is 0.180. The number of hydrogen-bond donors (Lipinski definition) is 0. The summed E-state index contributed by atoms with van der Waals surface area (Å²) in [5.74, 6) is 1.34. The molecule has 1 atom stereocenters. The first kappa shape index (κ1) is 13.8. The van der Waals surface area contributed by atoms with E-state index in [1.165, 1.54) is 0 Å². The van der Waals surface area contributed by atoms with E-state index in [1.54, 1.807) is 7.11 Å². The van der Waals surface area contributed by atoms with E-state index in [4.69, 9.17) is 4.74 Å². The molecule has 0 saturated heterocycles. The molecule has 94 valence electrons. The van der Waals surface area contributed by atoms with Crippen LogP contribution in [0.15, 0.2) is 12.1 Å². The van der Waals surface area contributed by atoms with Crippen molar-refractivity contribution in [2.45, 2.75) is 40.5 Å². The molecule has 17 heavy (non-hydrogen) atoms. The maximum Gasteiger partial charge on any atom is 0.166 e. The Bertz CT molecular complexity index is 408. The normalized spacial score (nSPS) is 12.3. The van der Waals surface area contributed by atoms with Crippen molar-refractivity contribution in [2.24, 2.45) is 5.92 Å². The molecule has 1 unspecified atom stereocenters. The van der Waals surface area contributed by atoms with Gasteiger partial charge in [-0.05, 0) is 37.0 Å². The van der Waals surface area contributed by atoms with E-state index in [-0.39, 0.29) is 5.78 Å². The summed E-state index contributed by atoms with van der Waals surface area (Å²) in [5.41, 5.74) is 2.93. The molecule has 1 aromatic rings. The fraction of sp³-hybridized carbons (Fsp3) is 0.533. The molecule has 0 N–H and O–H groups in total. The molecule has 0 aliphatic rings. The lowest BCUT2D eigenvalue weighted by Gasteiger charge is -2.14. The standard InChI is InChI=1S/C15H22O2/c1-6-10(2)9-14(16)13-8-7-11(3)12(4)15(13)17-5/h7-8,10H,6,9H2,1-5H3. The van der Waals surface area contributed by atoms with Crippen molar-refractivity contribution in [3.8, 4) is 5.75 Å². The van der Waals surface area contributed by atoms with Crippen LogP contribution in [-0.4, -0.2) is 12.9 Å². The number of rotatable bonds is 5. The third kappa shape index (κ3) is 3.09. The highest BCUT2D eigenvalue weighted by atomic mass is 16.5. The highest BCUT2D eigenvalue weighted by Gasteiger charge is 2.17. The van der Waals surface area contributed by atoms with E-state index in [0.717, 1.165) is 28.9 Å². The summed E-state index contributed by atoms with van der Waals surface area (Å²) in [6.45, 7) is 8.23. The van der Waals surface area contributed by atoms with Gasteiger partial charge in [0.15, 0.2) is 5.78 Å². The minimum atomic E-state index is 0.180. The van der Waals surface area contributed by atoms with E-state index in [9.17, 15) is 4.79 Å². The van der Waals surface area contributed by atoms with Crippen LogP contribution in [0, 0.1) is 19.8 Å². The average Bonchev–Trinajstić information content (AvgIpc) is 2.31. The second kappa shape index (κ2) is 5.85. The zero-order valence-corrected chi connectivity index (χ0v) is 11.5. The van der Waals surface area contributed by atoms with Crippen molar-refractivity contribution in [3.63, 3.8) is 0 Å². The van der Waals surface area contributed by atoms with Gasteiger partial charge in [0.2, 0.25) is 0 Å². The number of ketones is 1. The molecule has 0 bridgehead atoms. The van der Waals surface area contributed by atoms with Gasteiger partial charge < -0.3 is 4.74 Å². The van der Waals surface area contributed by atoms with Crippen LogP contribution in [0.25, 0.3) is 0 Å². The summed E-state index contributed by atoms with van der Waals surface area (Å²) in [6.07, 6.45) is 1.62. The van der Waals surface area contributed by atoms with Crippen LogP contribution < -0.4 is 4.74 Å². The molecular formula is C15H22O2. The van der Waals surface area contributed by atoms with Crippen molar-refractivity contribution in [3.05, 3.63) is 28.8 Å². The molecule has 2 heteroatoms. The molecule has 1 rings (SSSR count). The molecule has 0 fully saturated rings. The predicted octanol–water partition coefficient (Wildman–Crippen LogP) is 3.93. The zero-order valence-electron chi connectivity index (χ0n) is 11.5. The Morgan fingerprint density at radius 3 is 2.53 bits per heavy atom. The Morgan fingerprint density at radius 1 is 1.35 bits per heavy atom. The molecule has 2 nitrogen and oxygen atoms in total. The van der Waals surface area contributed by atoms with Gasteiger partial charge in [0.25, 0.3) is 0 Å². The van der Waals surface area contributed by atoms with Crippen LogP contribution >= 0.6 is 0 Å². The Hall–Kier alpha value is -1.31. The number of aryl methyl sites for hydroxylation is 1. The van der Waals surface area contributed by atoms with Crippen molar-refractivity contribution in [1.29, 1.82) is 0 Å². The molecule has 0 aliphatic carbocycles. The highest BCUT2D eigenvalue weighted by Crippen LogP contribution is 2.28. The highest BCUT2D eigenvalue weighted by molar-refractivity contribution is 5.99. The van der Waals surface area contributed by atoms with Gasteiger partial charge in [-0.15, -0.1) is 0 Å². The number of methoxy groups -OCH3 is 1. The van der Waals surface area contributed by atoms with Gasteiger partial charge in [-0.3, -0.25) is 4.79 Å². The number of Topliss-reactive ketones (excluding diaryl/α,β-unsaturated/α-hetero) is 1. The van der Waals surface area contributed by atoms with Crippen molar-refractivity contribution in [2.75, 3.05) is 7.11 Å². The Kier molecular flexibility index (Phi) is 4.73. The Morgan fingerprint density at radius 2 is 2.00 bits per heavy atom. The van der Waals surface area contributed by atoms with Crippen LogP contribution in [0.2, 0.25) is 0 Å². The lowest BCUT2D eigenvalue weighted by atomic mass is 9.95. The van der Waals surface area contributed by atoms with Gasteiger partial charge in [-0.2, -0.15) is 0 Å². The first-order chi connectivity index (χ1) is 8.01. The molecule has 0 radical (unpaired) electrons. The number of carbonyl (C=O) groups is 1. The van der Waals surface area contributed by atoms with Crippen molar-refractivity contribution < 1.29 is 9.53 Å². The molecule has 0 spiro atoms. The summed E-state index contributed by atoms with van der Waals surface area (Å²) in [4.78, 5) is 12.2. The average molecular weight is 234 g/mol. The molecule has 0 aliphatic heterocycles. The lowest BCUT2D eigenvalue weighted by molar-refractivity contribution is 0.0960. The van der Waals surface area contributed by atoms with Crippen LogP contribution in [0.4, 0.5) is 0 Å². The maximum absolute atomic E-state index is 12.2. The summed E-state index contributed by atoms with van der Waals surface area (Å²) in [6, 6.07) is 3.87. The fourth-order valence-electron chi connectivity index (χ4n) is 1.84. The smallest absolute Gasteiger partial charge is 0.166 e.